The van der Waals surface area contributed by atoms with Crippen molar-refractivity contribution in [3.63, 3.8) is 0 Å². The Bertz CT molecular complexity index is 1280. The minimum atomic E-state index is -1.31. The lowest BCUT2D eigenvalue weighted by atomic mass is 9.77. The highest BCUT2D eigenvalue weighted by Gasteiger charge is 2.49. The molecule has 2 aliphatic carbocycles. The highest BCUT2D eigenvalue weighted by atomic mass is 16.5. The van der Waals surface area contributed by atoms with E-state index < -0.39 is 35.3 Å². The molecule has 1 aromatic heterocycles. The van der Waals surface area contributed by atoms with Gasteiger partial charge in [-0.15, -0.1) is 0 Å². The van der Waals surface area contributed by atoms with E-state index in [1.54, 1.807) is 18.3 Å². The Morgan fingerprint density at radius 1 is 1.22 bits per heavy atom. The van der Waals surface area contributed by atoms with Crippen LogP contribution in [0, 0.1) is 5.92 Å². The summed E-state index contributed by atoms with van der Waals surface area (Å²) in [7, 11) is 0. The van der Waals surface area contributed by atoms with Crippen LogP contribution in [0.3, 0.4) is 0 Å². The lowest BCUT2D eigenvalue weighted by Crippen LogP contribution is -2.44. The minimum Gasteiger partial charge on any atom is -0.508 e. The SMILES string of the molecule is O=C1C2=C(O)C=CC(O)C2C(=O)C2=C1N(c1cccnc1)Cc1cc(C(=O)O)ccc1O2. The van der Waals surface area contributed by atoms with Gasteiger partial charge in [-0.05, 0) is 36.4 Å². The van der Waals surface area contributed by atoms with Crippen molar-refractivity contribution in [3.8, 4) is 5.75 Å². The van der Waals surface area contributed by atoms with Crippen LogP contribution in [-0.4, -0.2) is 43.9 Å². The Kier molecular flexibility index (Phi) is 4.42. The average molecular weight is 432 g/mol. The van der Waals surface area contributed by atoms with Crippen molar-refractivity contribution in [3.05, 3.63) is 88.8 Å². The predicted molar refractivity (Wildman–Crippen MR) is 110 cm³/mol. The number of benzene rings is 1. The largest absolute Gasteiger partial charge is 0.508 e. The summed E-state index contributed by atoms with van der Waals surface area (Å²) in [6, 6.07) is 7.50. The molecule has 0 radical (unpaired) electrons. The standard InChI is InChI=1S/C23H16N2O7/c26-14-4-5-15(27)18-17(14)20(28)19-22(21(18)29)32-16-6-3-11(23(30)31)8-12(16)10-25(19)13-2-1-7-24-9-13/h1-9,15,18,26-27H,10H2,(H,30,31). The predicted octanol–water partition coefficient (Wildman–Crippen LogP) is 1.90. The number of aliphatic hydroxyl groups is 2. The second-order valence-electron chi connectivity index (χ2n) is 7.52. The van der Waals surface area contributed by atoms with Crippen LogP contribution in [0.4, 0.5) is 5.69 Å². The number of carbonyl (C=O) groups is 3. The van der Waals surface area contributed by atoms with E-state index in [-0.39, 0.29) is 34.9 Å². The first-order valence-corrected chi connectivity index (χ1v) is 9.71. The highest BCUT2D eigenvalue weighted by molar-refractivity contribution is 6.23. The molecule has 160 valence electrons. The summed E-state index contributed by atoms with van der Waals surface area (Å²) in [6.45, 7) is 0.0110. The number of pyridine rings is 1. The lowest BCUT2D eigenvalue weighted by Gasteiger charge is -2.34. The summed E-state index contributed by atoms with van der Waals surface area (Å²) in [5.41, 5.74) is 0.590. The number of hydrogen-bond acceptors (Lipinski definition) is 8. The summed E-state index contributed by atoms with van der Waals surface area (Å²) in [4.78, 5) is 44.0. The van der Waals surface area contributed by atoms with Crippen LogP contribution in [0.25, 0.3) is 0 Å². The monoisotopic (exact) mass is 432 g/mol. The third-order valence-corrected chi connectivity index (χ3v) is 5.64. The van der Waals surface area contributed by atoms with Crippen molar-refractivity contribution in [2.24, 2.45) is 5.92 Å². The number of anilines is 1. The molecule has 9 nitrogen and oxygen atoms in total. The van der Waals surface area contributed by atoms with Gasteiger partial charge >= 0.3 is 5.97 Å². The molecule has 0 saturated carbocycles. The molecule has 5 rings (SSSR count). The summed E-state index contributed by atoms with van der Waals surface area (Å²) in [5, 5.41) is 30.1. The summed E-state index contributed by atoms with van der Waals surface area (Å²) in [6.07, 6.45) is 4.16. The summed E-state index contributed by atoms with van der Waals surface area (Å²) >= 11 is 0. The van der Waals surface area contributed by atoms with Gasteiger partial charge in [-0.2, -0.15) is 0 Å². The van der Waals surface area contributed by atoms with Crippen molar-refractivity contribution in [2.45, 2.75) is 12.6 Å². The number of ketones is 2. The molecular formula is C23H16N2O7. The molecule has 2 heterocycles. The van der Waals surface area contributed by atoms with Gasteiger partial charge < -0.3 is 25.0 Å². The van der Waals surface area contributed by atoms with Gasteiger partial charge in [-0.1, -0.05) is 6.08 Å². The number of nitrogens with zero attached hydrogens (tertiary/aromatic N) is 2. The molecule has 1 aliphatic heterocycles. The van der Waals surface area contributed by atoms with Gasteiger partial charge in [0.25, 0.3) is 0 Å². The Morgan fingerprint density at radius 3 is 2.75 bits per heavy atom. The van der Waals surface area contributed by atoms with Crippen molar-refractivity contribution in [2.75, 3.05) is 4.90 Å². The zero-order valence-corrected chi connectivity index (χ0v) is 16.4. The molecular weight excluding hydrogens is 416 g/mol. The van der Waals surface area contributed by atoms with Crippen molar-refractivity contribution >= 4 is 23.2 Å². The molecule has 2 unspecified atom stereocenters. The fourth-order valence-electron chi connectivity index (χ4n) is 4.13. The minimum absolute atomic E-state index is 0.0110. The molecule has 9 heteroatoms. The zero-order valence-electron chi connectivity index (χ0n) is 16.4. The van der Waals surface area contributed by atoms with Crippen LogP contribution < -0.4 is 9.64 Å². The van der Waals surface area contributed by atoms with Crippen LogP contribution in [-0.2, 0) is 16.1 Å². The Balaban J connectivity index is 1.75. The molecule has 0 saturated heterocycles. The van der Waals surface area contributed by atoms with Gasteiger partial charge in [0.1, 0.15) is 17.2 Å². The van der Waals surface area contributed by atoms with Gasteiger partial charge in [-0.3, -0.25) is 14.6 Å². The number of ether oxygens (including phenoxy) is 1. The molecule has 1 aromatic carbocycles. The van der Waals surface area contributed by atoms with Gasteiger partial charge in [0.2, 0.25) is 11.6 Å². The van der Waals surface area contributed by atoms with Gasteiger partial charge in [0, 0.05) is 11.8 Å². The summed E-state index contributed by atoms with van der Waals surface area (Å²) in [5.74, 6) is -4.23. The Morgan fingerprint density at radius 2 is 2.03 bits per heavy atom. The third kappa shape index (κ3) is 2.90. The number of hydrogen-bond donors (Lipinski definition) is 3. The number of fused-ring (bicyclic) bond motifs is 2. The molecule has 3 aliphatic rings. The Labute approximate surface area is 181 Å². The maximum atomic E-state index is 13.5. The topological polar surface area (TPSA) is 137 Å². The molecule has 0 amide bonds. The number of carbonyl (C=O) groups excluding carboxylic acids is 2. The number of rotatable bonds is 2. The first-order chi connectivity index (χ1) is 15.4. The Hall–Kier alpha value is -4.24. The third-order valence-electron chi connectivity index (χ3n) is 5.64. The summed E-state index contributed by atoms with van der Waals surface area (Å²) < 4.78 is 5.88. The second-order valence-corrected chi connectivity index (χ2v) is 7.52. The van der Waals surface area contributed by atoms with Crippen LogP contribution in [0.15, 0.2) is 77.7 Å². The molecule has 0 spiro atoms. The highest BCUT2D eigenvalue weighted by Crippen LogP contribution is 2.42. The normalized spacial score (nSPS) is 22.1. The fraction of sp³-hybridized carbons (Fsp3) is 0.130. The number of carboxylic acid groups (broad SMARTS) is 1. The van der Waals surface area contributed by atoms with E-state index >= 15 is 0 Å². The van der Waals surface area contributed by atoms with E-state index in [0.29, 0.717) is 11.3 Å². The first-order valence-electron chi connectivity index (χ1n) is 9.71. The van der Waals surface area contributed by atoms with E-state index in [4.69, 9.17) is 4.74 Å². The maximum Gasteiger partial charge on any atom is 0.335 e. The van der Waals surface area contributed by atoms with E-state index in [2.05, 4.69) is 4.98 Å². The van der Waals surface area contributed by atoms with Crippen LogP contribution >= 0.6 is 0 Å². The molecule has 2 atom stereocenters. The van der Waals surface area contributed by atoms with Crippen molar-refractivity contribution in [1.82, 2.24) is 4.98 Å². The average Bonchev–Trinajstić information content (AvgIpc) is 2.96. The zero-order chi connectivity index (χ0) is 22.6. The second kappa shape index (κ2) is 7.17. The van der Waals surface area contributed by atoms with Crippen LogP contribution in [0.2, 0.25) is 0 Å². The van der Waals surface area contributed by atoms with Gasteiger partial charge in [0.05, 0.1) is 41.6 Å². The van der Waals surface area contributed by atoms with E-state index in [9.17, 15) is 29.7 Å². The van der Waals surface area contributed by atoms with Gasteiger partial charge in [-0.25, -0.2) is 4.79 Å². The molecule has 0 bridgehead atoms. The van der Waals surface area contributed by atoms with Crippen molar-refractivity contribution in [1.29, 1.82) is 0 Å². The molecule has 3 N–H and O–H groups in total. The van der Waals surface area contributed by atoms with E-state index in [1.807, 2.05) is 0 Å². The number of aromatic nitrogens is 1. The molecule has 32 heavy (non-hydrogen) atoms. The number of aliphatic hydroxyl groups excluding tert-OH is 2. The smallest absolute Gasteiger partial charge is 0.335 e. The molecule has 0 fully saturated rings. The van der Waals surface area contributed by atoms with Crippen molar-refractivity contribution < 1.29 is 34.4 Å². The quantitative estimate of drug-likeness (QED) is 0.650. The number of aromatic carboxylic acids is 1. The number of allylic oxidation sites excluding steroid dienone is 3. The van der Waals surface area contributed by atoms with Crippen LogP contribution in [0.5, 0.6) is 5.75 Å². The first kappa shape index (κ1) is 19.7. The van der Waals surface area contributed by atoms with Crippen LogP contribution in [0.1, 0.15) is 15.9 Å². The number of Topliss-reactive ketones (excluding diaryl/α,β-unsaturated/α-hetero) is 2. The van der Waals surface area contributed by atoms with Gasteiger partial charge in [0.15, 0.2) is 5.76 Å². The molecule has 2 aromatic rings. The maximum absolute atomic E-state index is 13.5. The number of carboxylic acids is 1. The fourth-order valence-corrected chi connectivity index (χ4v) is 4.13. The lowest BCUT2D eigenvalue weighted by molar-refractivity contribution is -0.127. The van der Waals surface area contributed by atoms with E-state index in [0.717, 1.165) is 0 Å². The van der Waals surface area contributed by atoms with E-state index in [1.165, 1.54) is 41.4 Å².